The van der Waals surface area contributed by atoms with Gasteiger partial charge in [0.05, 0.1) is 13.2 Å². The molecule has 5 heteroatoms. The number of hydrogen-bond donors (Lipinski definition) is 2. The fourth-order valence-corrected chi connectivity index (χ4v) is 0.929. The Labute approximate surface area is 83.4 Å². The summed E-state index contributed by atoms with van der Waals surface area (Å²) >= 11 is 0. The number of carboxylic acids is 1. The van der Waals surface area contributed by atoms with Gasteiger partial charge in [-0.05, 0) is 26.3 Å². The molecule has 82 valence electrons. The van der Waals surface area contributed by atoms with Crippen LogP contribution >= 0.6 is 0 Å². The van der Waals surface area contributed by atoms with Gasteiger partial charge in [0.2, 0.25) is 0 Å². The maximum atomic E-state index is 10.8. The molecule has 0 aromatic heterocycles. The van der Waals surface area contributed by atoms with E-state index in [-0.39, 0.29) is 18.9 Å². The SMILES string of the molecule is CCOC(=O)CNCCCCC(=O)O. The first-order valence-corrected chi connectivity index (χ1v) is 4.75. The van der Waals surface area contributed by atoms with Gasteiger partial charge in [-0.25, -0.2) is 0 Å². The molecule has 0 aliphatic carbocycles. The lowest BCUT2D eigenvalue weighted by atomic mass is 10.2. The van der Waals surface area contributed by atoms with Gasteiger partial charge in [0, 0.05) is 6.42 Å². The molecule has 5 nitrogen and oxygen atoms in total. The molecular weight excluding hydrogens is 186 g/mol. The van der Waals surface area contributed by atoms with E-state index in [1.54, 1.807) is 6.92 Å². The lowest BCUT2D eigenvalue weighted by molar-refractivity contribution is -0.142. The van der Waals surface area contributed by atoms with Crippen molar-refractivity contribution in [1.29, 1.82) is 0 Å². The molecule has 0 aromatic rings. The first-order chi connectivity index (χ1) is 6.66. The molecule has 0 radical (unpaired) electrons. The fraction of sp³-hybridized carbons (Fsp3) is 0.778. The van der Waals surface area contributed by atoms with Crippen molar-refractivity contribution in [2.45, 2.75) is 26.2 Å². The fourth-order valence-electron chi connectivity index (χ4n) is 0.929. The van der Waals surface area contributed by atoms with E-state index < -0.39 is 5.97 Å². The lowest BCUT2D eigenvalue weighted by Crippen LogP contribution is -2.25. The molecular formula is C9H17NO4. The highest BCUT2D eigenvalue weighted by molar-refractivity contribution is 5.71. The Bertz CT molecular complexity index is 182. The predicted molar refractivity (Wildman–Crippen MR) is 51.0 cm³/mol. The molecule has 0 heterocycles. The van der Waals surface area contributed by atoms with Crippen LogP contribution in [0, 0.1) is 0 Å². The second-order valence-electron chi connectivity index (χ2n) is 2.83. The van der Waals surface area contributed by atoms with E-state index in [1.807, 2.05) is 0 Å². The number of aliphatic carboxylic acids is 1. The number of hydrogen-bond acceptors (Lipinski definition) is 4. The Hall–Kier alpha value is -1.10. The second kappa shape index (κ2) is 8.50. The molecule has 0 atom stereocenters. The van der Waals surface area contributed by atoms with Gasteiger partial charge in [-0.3, -0.25) is 9.59 Å². The molecule has 0 saturated carbocycles. The van der Waals surface area contributed by atoms with E-state index in [0.29, 0.717) is 19.6 Å². The third kappa shape index (κ3) is 8.99. The summed E-state index contributed by atoms with van der Waals surface area (Å²) < 4.78 is 4.69. The average Bonchev–Trinajstić information content (AvgIpc) is 2.11. The van der Waals surface area contributed by atoms with Gasteiger partial charge in [0.15, 0.2) is 0 Å². The third-order valence-electron chi connectivity index (χ3n) is 1.57. The van der Waals surface area contributed by atoms with Crippen LogP contribution in [0.15, 0.2) is 0 Å². The summed E-state index contributed by atoms with van der Waals surface area (Å²) in [5.41, 5.74) is 0. The number of carboxylic acid groups (broad SMARTS) is 1. The standard InChI is InChI=1S/C9H17NO4/c1-2-14-9(13)7-10-6-4-3-5-8(11)12/h10H,2-7H2,1H3,(H,11,12). The summed E-state index contributed by atoms with van der Waals surface area (Å²) in [5, 5.41) is 11.2. The van der Waals surface area contributed by atoms with E-state index >= 15 is 0 Å². The molecule has 14 heavy (non-hydrogen) atoms. The summed E-state index contributed by atoms with van der Waals surface area (Å²) in [6.45, 7) is 2.98. The minimum absolute atomic E-state index is 0.182. The molecule has 0 bridgehead atoms. The highest BCUT2D eigenvalue weighted by Crippen LogP contribution is 1.92. The van der Waals surface area contributed by atoms with Crippen LogP contribution < -0.4 is 5.32 Å². The third-order valence-corrected chi connectivity index (χ3v) is 1.57. The Morgan fingerprint density at radius 1 is 1.36 bits per heavy atom. The zero-order valence-electron chi connectivity index (χ0n) is 8.41. The minimum atomic E-state index is -0.782. The van der Waals surface area contributed by atoms with Gasteiger partial charge in [0.1, 0.15) is 0 Å². The van der Waals surface area contributed by atoms with Crippen molar-refractivity contribution < 1.29 is 19.4 Å². The first kappa shape index (κ1) is 12.9. The van der Waals surface area contributed by atoms with Crippen LogP contribution in [0.1, 0.15) is 26.2 Å². The highest BCUT2D eigenvalue weighted by atomic mass is 16.5. The van der Waals surface area contributed by atoms with Crippen LogP contribution in [0.25, 0.3) is 0 Å². The second-order valence-corrected chi connectivity index (χ2v) is 2.83. The molecule has 0 unspecified atom stereocenters. The highest BCUT2D eigenvalue weighted by Gasteiger charge is 2.00. The summed E-state index contributed by atoms with van der Waals surface area (Å²) in [7, 11) is 0. The quantitative estimate of drug-likeness (QED) is 0.441. The number of ether oxygens (including phenoxy) is 1. The number of carbonyl (C=O) groups is 2. The van der Waals surface area contributed by atoms with Crippen molar-refractivity contribution in [2.24, 2.45) is 0 Å². The van der Waals surface area contributed by atoms with E-state index in [4.69, 9.17) is 9.84 Å². The average molecular weight is 203 g/mol. The van der Waals surface area contributed by atoms with Crippen LogP contribution in [0.5, 0.6) is 0 Å². The van der Waals surface area contributed by atoms with Gasteiger partial charge in [-0.2, -0.15) is 0 Å². The molecule has 0 saturated heterocycles. The van der Waals surface area contributed by atoms with Gasteiger partial charge in [0.25, 0.3) is 0 Å². The van der Waals surface area contributed by atoms with Crippen LogP contribution in [0.2, 0.25) is 0 Å². The summed E-state index contributed by atoms with van der Waals surface area (Å²) in [4.78, 5) is 20.9. The Morgan fingerprint density at radius 3 is 2.64 bits per heavy atom. The first-order valence-electron chi connectivity index (χ1n) is 4.75. The summed E-state index contributed by atoms with van der Waals surface area (Å²) in [6.07, 6.45) is 1.57. The monoisotopic (exact) mass is 203 g/mol. The van der Waals surface area contributed by atoms with Crippen molar-refractivity contribution in [3.05, 3.63) is 0 Å². The molecule has 0 aliphatic heterocycles. The summed E-state index contributed by atoms with van der Waals surface area (Å²) in [6, 6.07) is 0. The van der Waals surface area contributed by atoms with Crippen LogP contribution in [0.4, 0.5) is 0 Å². The molecule has 0 rings (SSSR count). The number of nitrogens with one attached hydrogen (secondary N) is 1. The predicted octanol–water partition coefficient (Wildman–Crippen LogP) is 0.394. The number of unbranched alkanes of at least 4 members (excludes halogenated alkanes) is 1. The van der Waals surface area contributed by atoms with Crippen LogP contribution in [-0.2, 0) is 14.3 Å². The zero-order chi connectivity index (χ0) is 10.8. The van der Waals surface area contributed by atoms with E-state index in [9.17, 15) is 9.59 Å². The molecule has 0 fully saturated rings. The number of rotatable bonds is 8. The van der Waals surface area contributed by atoms with Crippen molar-refractivity contribution in [2.75, 3.05) is 19.7 Å². The van der Waals surface area contributed by atoms with Gasteiger partial charge < -0.3 is 15.2 Å². The minimum Gasteiger partial charge on any atom is -0.481 e. The van der Waals surface area contributed by atoms with E-state index in [0.717, 1.165) is 6.42 Å². The van der Waals surface area contributed by atoms with Crippen molar-refractivity contribution in [3.8, 4) is 0 Å². The maximum absolute atomic E-state index is 10.8. The van der Waals surface area contributed by atoms with Gasteiger partial charge in [-0.1, -0.05) is 0 Å². The molecule has 0 spiro atoms. The molecule has 0 amide bonds. The topological polar surface area (TPSA) is 75.6 Å². The van der Waals surface area contributed by atoms with Crippen molar-refractivity contribution >= 4 is 11.9 Å². The Kier molecular flexibility index (Phi) is 7.83. The number of esters is 1. The lowest BCUT2D eigenvalue weighted by Gasteiger charge is -2.03. The Balaban J connectivity index is 3.13. The number of carbonyl (C=O) groups excluding carboxylic acids is 1. The molecule has 0 aliphatic rings. The summed E-state index contributed by atoms with van der Waals surface area (Å²) in [5.74, 6) is -1.05. The van der Waals surface area contributed by atoms with E-state index in [2.05, 4.69) is 5.32 Å². The molecule has 2 N–H and O–H groups in total. The maximum Gasteiger partial charge on any atom is 0.319 e. The van der Waals surface area contributed by atoms with Crippen LogP contribution in [-0.4, -0.2) is 36.7 Å². The van der Waals surface area contributed by atoms with Crippen molar-refractivity contribution in [1.82, 2.24) is 5.32 Å². The van der Waals surface area contributed by atoms with Gasteiger partial charge >= 0.3 is 11.9 Å². The Morgan fingerprint density at radius 2 is 2.07 bits per heavy atom. The smallest absolute Gasteiger partial charge is 0.319 e. The zero-order valence-corrected chi connectivity index (χ0v) is 8.41. The van der Waals surface area contributed by atoms with Crippen LogP contribution in [0.3, 0.4) is 0 Å². The van der Waals surface area contributed by atoms with E-state index in [1.165, 1.54) is 0 Å². The van der Waals surface area contributed by atoms with Crippen molar-refractivity contribution in [3.63, 3.8) is 0 Å². The largest absolute Gasteiger partial charge is 0.481 e. The normalized spacial score (nSPS) is 9.79. The van der Waals surface area contributed by atoms with Gasteiger partial charge in [-0.15, -0.1) is 0 Å². The molecule has 0 aromatic carbocycles.